The monoisotopic (exact) mass is 268 g/mol. The maximum Gasteiger partial charge on any atom is 0.0969 e. The van der Waals surface area contributed by atoms with Crippen molar-refractivity contribution in [3.63, 3.8) is 0 Å². The molecule has 1 atom stereocenters. The molecule has 0 aromatic carbocycles. The molecular formula is C13H24N4O2. The normalized spacial score (nSPS) is 25.1. The summed E-state index contributed by atoms with van der Waals surface area (Å²) in [6.07, 6.45) is 5.51. The Bertz CT molecular complexity index is 369. The van der Waals surface area contributed by atoms with Gasteiger partial charge < -0.3 is 9.84 Å². The fourth-order valence-corrected chi connectivity index (χ4v) is 2.56. The lowest BCUT2D eigenvalue weighted by Gasteiger charge is -2.39. The van der Waals surface area contributed by atoms with E-state index in [1.807, 2.05) is 13.8 Å². The number of piperidine rings is 1. The third kappa shape index (κ3) is 4.56. The minimum atomic E-state index is -0.705. The molecule has 2 heterocycles. The zero-order valence-corrected chi connectivity index (χ0v) is 11.8. The molecule has 6 nitrogen and oxygen atoms in total. The number of hydrogen-bond acceptors (Lipinski definition) is 5. The fraction of sp³-hybridized carbons (Fsp3) is 0.846. The van der Waals surface area contributed by atoms with E-state index < -0.39 is 5.60 Å². The van der Waals surface area contributed by atoms with Crippen LogP contribution in [0.15, 0.2) is 12.4 Å². The maximum atomic E-state index is 10.7. The Morgan fingerprint density at radius 2 is 2.32 bits per heavy atom. The average Bonchev–Trinajstić information content (AvgIpc) is 2.80. The van der Waals surface area contributed by atoms with E-state index in [1.54, 1.807) is 17.1 Å². The fourth-order valence-electron chi connectivity index (χ4n) is 2.56. The van der Waals surface area contributed by atoms with Gasteiger partial charge in [0.25, 0.3) is 0 Å². The van der Waals surface area contributed by atoms with Crippen LogP contribution in [0.2, 0.25) is 0 Å². The van der Waals surface area contributed by atoms with Gasteiger partial charge in [0.1, 0.15) is 0 Å². The minimum absolute atomic E-state index is 0.263. The van der Waals surface area contributed by atoms with E-state index in [0.29, 0.717) is 13.1 Å². The molecule has 1 aromatic heterocycles. The third-order valence-electron chi connectivity index (χ3n) is 3.42. The van der Waals surface area contributed by atoms with E-state index >= 15 is 0 Å². The van der Waals surface area contributed by atoms with Crippen LogP contribution >= 0.6 is 0 Å². The third-order valence-corrected chi connectivity index (χ3v) is 3.42. The van der Waals surface area contributed by atoms with Crippen LogP contribution in [0.3, 0.4) is 0 Å². The maximum absolute atomic E-state index is 10.7. The second-order valence-corrected chi connectivity index (χ2v) is 5.62. The van der Waals surface area contributed by atoms with Crippen molar-refractivity contribution in [3.8, 4) is 0 Å². The van der Waals surface area contributed by atoms with Crippen molar-refractivity contribution in [2.75, 3.05) is 26.2 Å². The van der Waals surface area contributed by atoms with E-state index in [4.69, 9.17) is 4.74 Å². The number of nitrogens with zero attached hydrogens (tertiary/aromatic N) is 4. The van der Waals surface area contributed by atoms with Crippen LogP contribution in [0.1, 0.15) is 26.7 Å². The van der Waals surface area contributed by atoms with Gasteiger partial charge in [-0.05, 0) is 33.2 Å². The Kier molecular flexibility index (Phi) is 4.90. The molecule has 1 aliphatic rings. The lowest BCUT2D eigenvalue weighted by atomic mass is 9.93. The van der Waals surface area contributed by atoms with Crippen molar-refractivity contribution < 1.29 is 9.84 Å². The lowest BCUT2D eigenvalue weighted by Crippen LogP contribution is -2.51. The van der Waals surface area contributed by atoms with Crippen LogP contribution in [0.4, 0.5) is 0 Å². The van der Waals surface area contributed by atoms with Crippen LogP contribution in [-0.2, 0) is 11.3 Å². The molecular weight excluding hydrogens is 244 g/mol. The van der Waals surface area contributed by atoms with Gasteiger partial charge in [0.05, 0.1) is 31.1 Å². The van der Waals surface area contributed by atoms with Crippen molar-refractivity contribution in [2.45, 2.75) is 44.9 Å². The van der Waals surface area contributed by atoms with E-state index in [-0.39, 0.29) is 6.10 Å². The second-order valence-electron chi connectivity index (χ2n) is 5.62. The summed E-state index contributed by atoms with van der Waals surface area (Å²) >= 11 is 0. The van der Waals surface area contributed by atoms with Gasteiger partial charge in [-0.25, -0.2) is 4.68 Å². The quantitative estimate of drug-likeness (QED) is 0.815. The molecule has 0 spiro atoms. The Balaban J connectivity index is 1.82. The highest BCUT2D eigenvalue weighted by Gasteiger charge is 2.33. The molecule has 1 aliphatic heterocycles. The SMILES string of the molecule is CC(C)OCCN1CCCC(O)(Cn2ccnn2)C1. The van der Waals surface area contributed by atoms with E-state index in [9.17, 15) is 5.11 Å². The summed E-state index contributed by atoms with van der Waals surface area (Å²) < 4.78 is 7.27. The number of ether oxygens (including phenoxy) is 1. The van der Waals surface area contributed by atoms with Crippen LogP contribution in [0.5, 0.6) is 0 Å². The molecule has 2 rings (SSSR count). The molecule has 1 N–H and O–H groups in total. The van der Waals surface area contributed by atoms with Gasteiger partial charge in [0.15, 0.2) is 0 Å². The number of rotatable bonds is 6. The number of aromatic nitrogens is 3. The van der Waals surface area contributed by atoms with Gasteiger partial charge in [-0.2, -0.15) is 0 Å². The first kappa shape index (κ1) is 14.4. The number of hydrogen-bond donors (Lipinski definition) is 1. The standard InChI is InChI=1S/C13H24N4O2/c1-12(2)19-9-8-16-6-3-4-13(18,10-16)11-17-7-5-14-15-17/h5,7,12,18H,3-4,6,8-11H2,1-2H3. The molecule has 1 aromatic rings. The molecule has 0 amide bonds. The van der Waals surface area contributed by atoms with Crippen molar-refractivity contribution in [2.24, 2.45) is 0 Å². The highest BCUT2D eigenvalue weighted by atomic mass is 16.5. The Morgan fingerprint density at radius 1 is 1.47 bits per heavy atom. The molecule has 0 radical (unpaired) electrons. The number of β-amino-alcohol motifs (C(OH)–C–C–N with tert-alkyl or cyclic N) is 1. The molecule has 0 aliphatic carbocycles. The first-order valence-electron chi connectivity index (χ1n) is 6.98. The molecule has 19 heavy (non-hydrogen) atoms. The van der Waals surface area contributed by atoms with Gasteiger partial charge >= 0.3 is 0 Å². The van der Waals surface area contributed by atoms with Gasteiger partial charge in [0.2, 0.25) is 0 Å². The second kappa shape index (κ2) is 6.45. The van der Waals surface area contributed by atoms with Crippen molar-refractivity contribution in [1.82, 2.24) is 19.9 Å². The largest absolute Gasteiger partial charge is 0.387 e. The summed E-state index contributed by atoms with van der Waals surface area (Å²) in [6, 6.07) is 0. The highest BCUT2D eigenvalue weighted by molar-refractivity contribution is 4.87. The molecule has 1 fully saturated rings. The summed E-state index contributed by atoms with van der Waals surface area (Å²) in [7, 11) is 0. The molecule has 1 saturated heterocycles. The summed E-state index contributed by atoms with van der Waals surface area (Å²) in [5.74, 6) is 0. The van der Waals surface area contributed by atoms with Gasteiger partial charge in [0, 0.05) is 19.3 Å². The highest BCUT2D eigenvalue weighted by Crippen LogP contribution is 2.22. The van der Waals surface area contributed by atoms with Gasteiger partial charge in [-0.15, -0.1) is 5.10 Å². The van der Waals surface area contributed by atoms with Gasteiger partial charge in [-0.1, -0.05) is 5.21 Å². The van der Waals surface area contributed by atoms with E-state index in [2.05, 4.69) is 15.2 Å². The van der Waals surface area contributed by atoms with Crippen LogP contribution in [0.25, 0.3) is 0 Å². The van der Waals surface area contributed by atoms with Crippen LogP contribution in [0, 0.1) is 0 Å². The van der Waals surface area contributed by atoms with E-state index in [1.165, 1.54) is 0 Å². The molecule has 1 unspecified atom stereocenters. The molecule has 108 valence electrons. The Labute approximate surface area is 114 Å². The van der Waals surface area contributed by atoms with Gasteiger partial charge in [-0.3, -0.25) is 4.90 Å². The zero-order chi connectivity index (χ0) is 13.7. The first-order chi connectivity index (χ1) is 9.07. The predicted octanol–water partition coefficient (Wildman–Crippen LogP) is 0.530. The number of likely N-dealkylation sites (tertiary alicyclic amines) is 1. The topological polar surface area (TPSA) is 63.4 Å². The predicted molar refractivity (Wildman–Crippen MR) is 71.7 cm³/mol. The summed E-state index contributed by atoms with van der Waals surface area (Å²) in [5, 5.41) is 18.4. The van der Waals surface area contributed by atoms with E-state index in [0.717, 1.165) is 32.5 Å². The Morgan fingerprint density at radius 3 is 3.00 bits per heavy atom. The molecule has 0 saturated carbocycles. The molecule has 6 heteroatoms. The lowest BCUT2D eigenvalue weighted by molar-refractivity contribution is -0.0533. The summed E-state index contributed by atoms with van der Waals surface area (Å²) in [6.45, 7) is 7.88. The summed E-state index contributed by atoms with van der Waals surface area (Å²) in [4.78, 5) is 2.27. The van der Waals surface area contributed by atoms with Crippen molar-refractivity contribution in [3.05, 3.63) is 12.4 Å². The first-order valence-corrected chi connectivity index (χ1v) is 6.98. The number of aliphatic hydroxyl groups is 1. The summed E-state index contributed by atoms with van der Waals surface area (Å²) in [5.41, 5.74) is -0.705. The minimum Gasteiger partial charge on any atom is -0.387 e. The van der Waals surface area contributed by atoms with Crippen LogP contribution in [-0.4, -0.2) is 62.9 Å². The smallest absolute Gasteiger partial charge is 0.0969 e. The molecule has 0 bridgehead atoms. The average molecular weight is 268 g/mol. The zero-order valence-electron chi connectivity index (χ0n) is 11.8. The van der Waals surface area contributed by atoms with Crippen LogP contribution < -0.4 is 0 Å². The van der Waals surface area contributed by atoms with Crippen molar-refractivity contribution >= 4 is 0 Å². The Hall–Kier alpha value is -0.980. The van der Waals surface area contributed by atoms with Crippen molar-refractivity contribution in [1.29, 1.82) is 0 Å².